The third-order valence-corrected chi connectivity index (χ3v) is 3.94. The van der Waals surface area contributed by atoms with Crippen LogP contribution in [0.25, 0.3) is 0 Å². The predicted octanol–water partition coefficient (Wildman–Crippen LogP) is 3.83. The summed E-state index contributed by atoms with van der Waals surface area (Å²) in [6.45, 7) is 6.99. The molecule has 1 aliphatic rings. The van der Waals surface area contributed by atoms with E-state index in [2.05, 4.69) is 5.32 Å². The average molecular weight is 340 g/mol. The van der Waals surface area contributed by atoms with Crippen molar-refractivity contribution in [3.05, 3.63) is 23.2 Å². The molecule has 6 heteroatoms. The molecule has 1 atom stereocenters. The number of carbonyl (C=O) groups is 1. The van der Waals surface area contributed by atoms with Gasteiger partial charge < -0.3 is 19.9 Å². The normalized spacial score (nSPS) is 18.0. The molecular formula is C17H26ClN3O2. The maximum absolute atomic E-state index is 12.1. The Balaban J connectivity index is 1.93. The van der Waals surface area contributed by atoms with E-state index in [0.29, 0.717) is 18.1 Å². The van der Waals surface area contributed by atoms with E-state index in [1.54, 1.807) is 4.90 Å². The van der Waals surface area contributed by atoms with Crippen molar-refractivity contribution in [1.29, 1.82) is 0 Å². The fraction of sp³-hybridized carbons (Fsp3) is 0.588. The lowest BCUT2D eigenvalue weighted by molar-refractivity contribution is 0.0293. The summed E-state index contributed by atoms with van der Waals surface area (Å²) in [5.74, 6) is 0. The van der Waals surface area contributed by atoms with Crippen LogP contribution in [0.3, 0.4) is 0 Å². The highest BCUT2D eigenvalue weighted by Gasteiger charge is 2.29. The lowest BCUT2D eigenvalue weighted by Crippen LogP contribution is -2.36. The van der Waals surface area contributed by atoms with Gasteiger partial charge in [0, 0.05) is 38.9 Å². The zero-order valence-electron chi connectivity index (χ0n) is 14.5. The molecular weight excluding hydrogens is 314 g/mol. The first-order valence-corrected chi connectivity index (χ1v) is 8.25. The molecule has 1 N–H and O–H groups in total. The predicted molar refractivity (Wildman–Crippen MR) is 95.6 cm³/mol. The summed E-state index contributed by atoms with van der Waals surface area (Å²) in [4.78, 5) is 15.8. The Labute approximate surface area is 143 Å². The Kier molecular flexibility index (Phi) is 5.30. The Hall–Kier alpha value is -1.62. The quantitative estimate of drug-likeness (QED) is 0.909. The first-order chi connectivity index (χ1) is 10.7. The molecule has 0 radical (unpaired) electrons. The Morgan fingerprint density at radius 3 is 2.65 bits per heavy atom. The van der Waals surface area contributed by atoms with E-state index < -0.39 is 5.60 Å². The molecule has 0 aliphatic carbocycles. The molecule has 1 aromatic carbocycles. The Morgan fingerprint density at radius 1 is 1.39 bits per heavy atom. The van der Waals surface area contributed by atoms with Crippen LogP contribution >= 0.6 is 11.6 Å². The smallest absolute Gasteiger partial charge is 0.410 e. The number of halogens is 1. The van der Waals surface area contributed by atoms with Crippen LogP contribution in [0, 0.1) is 0 Å². The van der Waals surface area contributed by atoms with E-state index in [0.717, 1.165) is 17.8 Å². The van der Waals surface area contributed by atoms with Gasteiger partial charge in [0.25, 0.3) is 0 Å². The van der Waals surface area contributed by atoms with E-state index in [9.17, 15) is 4.79 Å². The molecule has 1 aliphatic heterocycles. The molecule has 2 rings (SSSR count). The van der Waals surface area contributed by atoms with Gasteiger partial charge >= 0.3 is 6.09 Å². The van der Waals surface area contributed by atoms with E-state index in [1.165, 1.54) is 0 Å². The SMILES string of the molecule is CN(C)c1ccc(NC2CCN(C(=O)OC(C)(C)C)C2)cc1Cl. The molecule has 5 nitrogen and oxygen atoms in total. The molecule has 0 spiro atoms. The number of anilines is 2. The second-order valence-electron chi connectivity index (χ2n) is 7.12. The lowest BCUT2D eigenvalue weighted by atomic mass is 10.2. The van der Waals surface area contributed by atoms with Crippen molar-refractivity contribution in [2.75, 3.05) is 37.4 Å². The van der Waals surface area contributed by atoms with Gasteiger partial charge in [0.2, 0.25) is 0 Å². The number of nitrogens with zero attached hydrogens (tertiary/aromatic N) is 2. The van der Waals surface area contributed by atoms with Gasteiger partial charge in [-0.05, 0) is 45.4 Å². The first kappa shape index (κ1) is 17.7. The van der Waals surface area contributed by atoms with Crippen LogP contribution in [0.5, 0.6) is 0 Å². The summed E-state index contributed by atoms with van der Waals surface area (Å²) in [7, 11) is 3.92. The fourth-order valence-corrected chi connectivity index (χ4v) is 2.92. The zero-order chi connectivity index (χ0) is 17.2. The number of rotatable bonds is 3. The number of likely N-dealkylation sites (tertiary alicyclic amines) is 1. The zero-order valence-corrected chi connectivity index (χ0v) is 15.3. The van der Waals surface area contributed by atoms with Gasteiger partial charge in [-0.1, -0.05) is 11.6 Å². The lowest BCUT2D eigenvalue weighted by Gasteiger charge is -2.24. The summed E-state index contributed by atoms with van der Waals surface area (Å²) < 4.78 is 5.41. The van der Waals surface area contributed by atoms with Crippen LogP contribution in [0.1, 0.15) is 27.2 Å². The van der Waals surface area contributed by atoms with Crippen LogP contribution in [0.15, 0.2) is 18.2 Å². The van der Waals surface area contributed by atoms with Crippen molar-refractivity contribution < 1.29 is 9.53 Å². The molecule has 23 heavy (non-hydrogen) atoms. The number of hydrogen-bond acceptors (Lipinski definition) is 4. The molecule has 128 valence electrons. The van der Waals surface area contributed by atoms with Crippen LogP contribution in [-0.2, 0) is 4.74 Å². The monoisotopic (exact) mass is 339 g/mol. The minimum atomic E-state index is -0.460. The van der Waals surface area contributed by atoms with Gasteiger partial charge in [-0.3, -0.25) is 0 Å². The number of ether oxygens (including phenoxy) is 1. The van der Waals surface area contributed by atoms with Gasteiger partial charge in [-0.2, -0.15) is 0 Å². The van der Waals surface area contributed by atoms with Gasteiger partial charge in [0.15, 0.2) is 0 Å². The second kappa shape index (κ2) is 6.87. The maximum atomic E-state index is 12.1. The third kappa shape index (κ3) is 4.93. The number of carbonyl (C=O) groups excluding carboxylic acids is 1. The average Bonchev–Trinajstić information content (AvgIpc) is 2.85. The minimum Gasteiger partial charge on any atom is -0.444 e. The highest BCUT2D eigenvalue weighted by Crippen LogP contribution is 2.28. The molecule has 1 fully saturated rings. The number of nitrogens with one attached hydrogen (secondary N) is 1. The van der Waals surface area contributed by atoms with Crippen molar-refractivity contribution in [2.24, 2.45) is 0 Å². The highest BCUT2D eigenvalue weighted by molar-refractivity contribution is 6.33. The van der Waals surface area contributed by atoms with Crippen LogP contribution in [0.4, 0.5) is 16.2 Å². The summed E-state index contributed by atoms with van der Waals surface area (Å²) in [5.41, 5.74) is 1.49. The largest absolute Gasteiger partial charge is 0.444 e. The Morgan fingerprint density at radius 2 is 2.09 bits per heavy atom. The molecule has 1 aromatic rings. The fourth-order valence-electron chi connectivity index (χ4n) is 2.57. The van der Waals surface area contributed by atoms with Gasteiger partial charge in [0.05, 0.1) is 10.7 Å². The van der Waals surface area contributed by atoms with Gasteiger partial charge in [-0.15, -0.1) is 0 Å². The molecule has 1 unspecified atom stereocenters. The summed E-state index contributed by atoms with van der Waals surface area (Å²) >= 11 is 6.30. The van der Waals surface area contributed by atoms with E-state index in [4.69, 9.17) is 16.3 Å². The van der Waals surface area contributed by atoms with Crippen LogP contribution in [0.2, 0.25) is 5.02 Å². The van der Waals surface area contributed by atoms with Crippen molar-refractivity contribution >= 4 is 29.1 Å². The Bertz CT molecular complexity index is 569. The number of benzene rings is 1. The van der Waals surface area contributed by atoms with E-state index >= 15 is 0 Å². The van der Waals surface area contributed by atoms with Crippen molar-refractivity contribution in [2.45, 2.75) is 38.8 Å². The van der Waals surface area contributed by atoms with E-state index in [-0.39, 0.29) is 12.1 Å². The van der Waals surface area contributed by atoms with Crippen molar-refractivity contribution in [3.8, 4) is 0 Å². The minimum absolute atomic E-state index is 0.212. The first-order valence-electron chi connectivity index (χ1n) is 7.87. The third-order valence-electron chi connectivity index (χ3n) is 3.64. The van der Waals surface area contributed by atoms with Crippen molar-refractivity contribution in [3.63, 3.8) is 0 Å². The summed E-state index contributed by atoms with van der Waals surface area (Å²) in [6, 6.07) is 6.14. The number of hydrogen-bond donors (Lipinski definition) is 1. The second-order valence-corrected chi connectivity index (χ2v) is 7.52. The molecule has 1 amide bonds. The molecule has 0 aromatic heterocycles. The number of amides is 1. The summed E-state index contributed by atoms with van der Waals surface area (Å²) in [5, 5.41) is 4.15. The molecule has 1 saturated heterocycles. The standard InChI is InChI=1S/C17H26ClN3O2/c1-17(2,3)23-16(22)21-9-8-13(11-21)19-12-6-7-15(20(4)5)14(18)10-12/h6-7,10,13,19H,8-9,11H2,1-5H3. The maximum Gasteiger partial charge on any atom is 0.410 e. The molecule has 0 bridgehead atoms. The topological polar surface area (TPSA) is 44.8 Å². The highest BCUT2D eigenvalue weighted by atomic mass is 35.5. The van der Waals surface area contributed by atoms with Gasteiger partial charge in [-0.25, -0.2) is 4.79 Å². The van der Waals surface area contributed by atoms with Crippen LogP contribution < -0.4 is 10.2 Å². The molecule has 0 saturated carbocycles. The van der Waals surface area contributed by atoms with E-state index in [1.807, 2.05) is 58.0 Å². The molecule has 1 heterocycles. The van der Waals surface area contributed by atoms with Crippen LogP contribution in [-0.4, -0.2) is 49.8 Å². The van der Waals surface area contributed by atoms with Crippen molar-refractivity contribution in [1.82, 2.24) is 4.90 Å². The summed E-state index contributed by atoms with van der Waals surface area (Å²) in [6.07, 6.45) is 0.648. The van der Waals surface area contributed by atoms with Gasteiger partial charge in [0.1, 0.15) is 5.60 Å².